The summed E-state index contributed by atoms with van der Waals surface area (Å²) in [5.41, 5.74) is 5.15. The van der Waals surface area contributed by atoms with Crippen LogP contribution in [0, 0.1) is 20.8 Å². The molecule has 0 spiro atoms. The van der Waals surface area contributed by atoms with Crippen molar-refractivity contribution in [3.8, 4) is 0 Å². The highest BCUT2D eigenvalue weighted by Crippen LogP contribution is 2.21. The predicted octanol–water partition coefficient (Wildman–Crippen LogP) is 3.30. The summed E-state index contributed by atoms with van der Waals surface area (Å²) in [6.45, 7) is 5.95. The van der Waals surface area contributed by atoms with E-state index in [9.17, 15) is 9.59 Å². The van der Waals surface area contributed by atoms with E-state index >= 15 is 0 Å². The van der Waals surface area contributed by atoms with Crippen LogP contribution in [-0.2, 0) is 16.0 Å². The number of hydrogen-bond donors (Lipinski definition) is 2. The first-order valence-electron chi connectivity index (χ1n) is 8.14. The fourth-order valence-corrected chi connectivity index (χ4v) is 2.73. The summed E-state index contributed by atoms with van der Waals surface area (Å²) in [5.74, 6) is -0.329. The van der Waals surface area contributed by atoms with Crippen LogP contribution in [0.2, 0.25) is 0 Å². The standard InChI is InChI=1S/C20H24N2O2/c1-14-11-15(2)20(16(3)12-14)22-19(24)13-21-18(23)10-9-17-7-5-4-6-8-17/h4-8,11-12H,9-10,13H2,1-3H3,(H,21,23)(H,22,24). The second-order valence-corrected chi connectivity index (χ2v) is 6.08. The molecule has 0 aliphatic heterocycles. The molecule has 0 bridgehead atoms. The third-order valence-electron chi connectivity index (χ3n) is 3.87. The fourth-order valence-electron chi connectivity index (χ4n) is 2.73. The average molecular weight is 324 g/mol. The van der Waals surface area contributed by atoms with Crippen molar-refractivity contribution in [2.75, 3.05) is 11.9 Å². The first-order chi connectivity index (χ1) is 11.5. The molecule has 2 aromatic carbocycles. The minimum Gasteiger partial charge on any atom is -0.347 e. The van der Waals surface area contributed by atoms with E-state index in [1.165, 1.54) is 0 Å². The van der Waals surface area contributed by atoms with Crippen LogP contribution in [0.5, 0.6) is 0 Å². The second kappa shape index (κ2) is 8.29. The molecule has 0 fully saturated rings. The molecule has 24 heavy (non-hydrogen) atoms. The maximum atomic E-state index is 12.1. The molecule has 0 aliphatic carbocycles. The molecule has 4 heteroatoms. The average Bonchev–Trinajstić information content (AvgIpc) is 2.55. The van der Waals surface area contributed by atoms with Crippen LogP contribution in [0.15, 0.2) is 42.5 Å². The van der Waals surface area contributed by atoms with Crippen molar-refractivity contribution in [3.63, 3.8) is 0 Å². The van der Waals surface area contributed by atoms with Crippen molar-refractivity contribution < 1.29 is 9.59 Å². The fraction of sp³-hybridized carbons (Fsp3) is 0.300. The Bertz CT molecular complexity index is 701. The quantitative estimate of drug-likeness (QED) is 0.856. The molecule has 0 saturated carbocycles. The SMILES string of the molecule is Cc1cc(C)c(NC(=O)CNC(=O)CCc2ccccc2)c(C)c1. The van der Waals surface area contributed by atoms with Crippen LogP contribution in [0.1, 0.15) is 28.7 Å². The van der Waals surface area contributed by atoms with Crippen LogP contribution in [-0.4, -0.2) is 18.4 Å². The number of aryl methyl sites for hydroxylation is 4. The number of hydrogen-bond acceptors (Lipinski definition) is 2. The summed E-state index contributed by atoms with van der Waals surface area (Å²) < 4.78 is 0. The molecule has 0 atom stereocenters. The van der Waals surface area contributed by atoms with E-state index < -0.39 is 0 Å². The van der Waals surface area contributed by atoms with Crippen LogP contribution in [0.4, 0.5) is 5.69 Å². The zero-order chi connectivity index (χ0) is 17.5. The van der Waals surface area contributed by atoms with Crippen molar-refractivity contribution in [1.82, 2.24) is 5.32 Å². The lowest BCUT2D eigenvalue weighted by atomic mass is 10.1. The summed E-state index contributed by atoms with van der Waals surface area (Å²) in [6.07, 6.45) is 1.05. The van der Waals surface area contributed by atoms with Gasteiger partial charge in [-0.15, -0.1) is 0 Å². The van der Waals surface area contributed by atoms with E-state index in [1.54, 1.807) is 0 Å². The monoisotopic (exact) mass is 324 g/mol. The molecule has 126 valence electrons. The van der Waals surface area contributed by atoms with Crippen LogP contribution in [0.3, 0.4) is 0 Å². The number of nitrogens with one attached hydrogen (secondary N) is 2. The van der Waals surface area contributed by atoms with Crippen LogP contribution < -0.4 is 10.6 Å². The van der Waals surface area contributed by atoms with Gasteiger partial charge >= 0.3 is 0 Å². The van der Waals surface area contributed by atoms with Crippen molar-refractivity contribution in [3.05, 3.63) is 64.7 Å². The Labute approximate surface area is 143 Å². The van der Waals surface area contributed by atoms with Gasteiger partial charge in [-0.3, -0.25) is 9.59 Å². The van der Waals surface area contributed by atoms with Gasteiger partial charge in [-0.1, -0.05) is 48.0 Å². The van der Waals surface area contributed by atoms with Crippen LogP contribution >= 0.6 is 0 Å². The Morgan fingerprint density at radius 3 is 2.17 bits per heavy atom. The minimum absolute atomic E-state index is 0.0135. The Morgan fingerprint density at radius 1 is 0.917 bits per heavy atom. The van der Waals surface area contributed by atoms with Gasteiger partial charge in [0.1, 0.15) is 0 Å². The Hall–Kier alpha value is -2.62. The van der Waals surface area contributed by atoms with Crippen molar-refractivity contribution in [1.29, 1.82) is 0 Å². The summed E-state index contributed by atoms with van der Waals surface area (Å²) >= 11 is 0. The number of carbonyl (C=O) groups excluding carboxylic acids is 2. The summed E-state index contributed by atoms with van der Waals surface area (Å²) in [4.78, 5) is 23.9. The minimum atomic E-state index is -0.210. The number of anilines is 1. The third-order valence-corrected chi connectivity index (χ3v) is 3.87. The zero-order valence-corrected chi connectivity index (χ0v) is 14.5. The molecular weight excluding hydrogens is 300 g/mol. The van der Waals surface area contributed by atoms with E-state index in [0.29, 0.717) is 12.8 Å². The van der Waals surface area contributed by atoms with Gasteiger partial charge in [-0.25, -0.2) is 0 Å². The zero-order valence-electron chi connectivity index (χ0n) is 14.5. The molecule has 2 rings (SSSR count). The maximum absolute atomic E-state index is 12.1. The predicted molar refractivity (Wildman–Crippen MR) is 97.1 cm³/mol. The van der Waals surface area contributed by atoms with Gasteiger partial charge in [0.25, 0.3) is 0 Å². The Balaban J connectivity index is 1.80. The number of carbonyl (C=O) groups is 2. The van der Waals surface area contributed by atoms with E-state index in [-0.39, 0.29) is 18.4 Å². The first-order valence-corrected chi connectivity index (χ1v) is 8.14. The maximum Gasteiger partial charge on any atom is 0.243 e. The molecule has 2 amide bonds. The number of benzene rings is 2. The molecule has 2 N–H and O–H groups in total. The molecule has 0 radical (unpaired) electrons. The third kappa shape index (κ3) is 5.23. The van der Waals surface area contributed by atoms with E-state index in [4.69, 9.17) is 0 Å². The molecule has 0 unspecified atom stereocenters. The molecule has 0 aliphatic rings. The highest BCUT2D eigenvalue weighted by Gasteiger charge is 2.10. The van der Waals surface area contributed by atoms with E-state index in [2.05, 4.69) is 10.6 Å². The van der Waals surface area contributed by atoms with Crippen molar-refractivity contribution in [2.45, 2.75) is 33.6 Å². The summed E-state index contributed by atoms with van der Waals surface area (Å²) in [7, 11) is 0. The molecule has 4 nitrogen and oxygen atoms in total. The van der Waals surface area contributed by atoms with Gasteiger partial charge < -0.3 is 10.6 Å². The molecule has 0 heterocycles. The van der Waals surface area contributed by atoms with Gasteiger partial charge in [0.05, 0.1) is 6.54 Å². The van der Waals surface area contributed by atoms with Gasteiger partial charge in [0.15, 0.2) is 0 Å². The van der Waals surface area contributed by atoms with Gasteiger partial charge in [-0.05, 0) is 43.9 Å². The van der Waals surface area contributed by atoms with E-state index in [0.717, 1.165) is 27.9 Å². The molecule has 0 saturated heterocycles. The van der Waals surface area contributed by atoms with Crippen molar-refractivity contribution >= 4 is 17.5 Å². The highest BCUT2D eigenvalue weighted by molar-refractivity contribution is 5.95. The molecule has 2 aromatic rings. The summed E-state index contributed by atoms with van der Waals surface area (Å²) in [6, 6.07) is 13.9. The Morgan fingerprint density at radius 2 is 1.54 bits per heavy atom. The number of amides is 2. The highest BCUT2D eigenvalue weighted by atomic mass is 16.2. The van der Waals surface area contributed by atoms with Gasteiger partial charge in [0.2, 0.25) is 11.8 Å². The smallest absolute Gasteiger partial charge is 0.243 e. The second-order valence-electron chi connectivity index (χ2n) is 6.08. The van der Waals surface area contributed by atoms with Gasteiger partial charge in [0, 0.05) is 12.1 Å². The largest absolute Gasteiger partial charge is 0.347 e. The number of rotatable bonds is 6. The molecular formula is C20H24N2O2. The summed E-state index contributed by atoms with van der Waals surface area (Å²) in [5, 5.41) is 5.55. The lowest BCUT2D eigenvalue weighted by Gasteiger charge is -2.13. The Kier molecular flexibility index (Phi) is 6.13. The topological polar surface area (TPSA) is 58.2 Å². The van der Waals surface area contributed by atoms with Crippen molar-refractivity contribution in [2.24, 2.45) is 0 Å². The normalized spacial score (nSPS) is 10.3. The van der Waals surface area contributed by atoms with Crippen LogP contribution in [0.25, 0.3) is 0 Å². The molecule has 0 aromatic heterocycles. The van der Waals surface area contributed by atoms with Gasteiger partial charge in [-0.2, -0.15) is 0 Å². The lowest BCUT2D eigenvalue weighted by molar-refractivity contribution is -0.124. The first kappa shape index (κ1) is 17.7. The van der Waals surface area contributed by atoms with E-state index in [1.807, 2.05) is 63.2 Å². The lowest BCUT2D eigenvalue weighted by Crippen LogP contribution is -2.33.